The van der Waals surface area contributed by atoms with Gasteiger partial charge in [0.2, 0.25) is 0 Å². The topological polar surface area (TPSA) is 35.5 Å². The zero-order valence-electron chi connectivity index (χ0n) is 6.79. The van der Waals surface area contributed by atoms with Gasteiger partial charge in [0, 0.05) is 0 Å². The standard InChI is InChI=1S/C6H8O3/c7-5-3-9-6-4(5)1-2-8-6/h4,6H,1-3H2/i3D2. The molecule has 2 aliphatic rings. The van der Waals surface area contributed by atoms with Gasteiger partial charge in [-0.3, -0.25) is 4.79 Å². The third kappa shape index (κ3) is 0.686. The van der Waals surface area contributed by atoms with Gasteiger partial charge in [-0.1, -0.05) is 0 Å². The summed E-state index contributed by atoms with van der Waals surface area (Å²) in [5, 5.41) is 0. The molecule has 2 atom stereocenters. The molecule has 3 nitrogen and oxygen atoms in total. The van der Waals surface area contributed by atoms with Gasteiger partial charge in [0.25, 0.3) is 0 Å². The molecule has 0 bridgehead atoms. The van der Waals surface area contributed by atoms with Crippen LogP contribution in [0.3, 0.4) is 0 Å². The van der Waals surface area contributed by atoms with Gasteiger partial charge in [0.1, 0.15) is 6.56 Å². The lowest BCUT2D eigenvalue weighted by molar-refractivity contribution is -0.120. The summed E-state index contributed by atoms with van der Waals surface area (Å²) < 4.78 is 24.0. The van der Waals surface area contributed by atoms with Gasteiger partial charge in [-0.15, -0.1) is 0 Å². The van der Waals surface area contributed by atoms with Crippen LogP contribution < -0.4 is 0 Å². The van der Waals surface area contributed by atoms with Crippen molar-refractivity contribution in [2.24, 2.45) is 5.92 Å². The molecule has 0 aromatic rings. The summed E-state index contributed by atoms with van der Waals surface area (Å²) in [5.41, 5.74) is 0. The van der Waals surface area contributed by atoms with Crippen molar-refractivity contribution < 1.29 is 17.0 Å². The first-order valence-corrected chi connectivity index (χ1v) is 2.95. The fraction of sp³-hybridized carbons (Fsp3) is 0.833. The molecule has 0 aromatic heterocycles. The Hall–Kier alpha value is -0.410. The second-order valence-corrected chi connectivity index (χ2v) is 2.22. The molecule has 0 saturated carbocycles. The number of ether oxygens (including phenoxy) is 2. The van der Waals surface area contributed by atoms with Crippen molar-refractivity contribution in [3.8, 4) is 0 Å². The van der Waals surface area contributed by atoms with Crippen molar-refractivity contribution in [3.63, 3.8) is 0 Å². The maximum absolute atomic E-state index is 11.1. The molecule has 0 N–H and O–H groups in total. The van der Waals surface area contributed by atoms with Crippen LogP contribution in [0.4, 0.5) is 0 Å². The fourth-order valence-electron chi connectivity index (χ4n) is 1.13. The second-order valence-electron chi connectivity index (χ2n) is 2.22. The molecule has 2 saturated heterocycles. The minimum Gasteiger partial charge on any atom is -0.352 e. The van der Waals surface area contributed by atoms with Gasteiger partial charge in [-0.25, -0.2) is 0 Å². The van der Waals surface area contributed by atoms with E-state index in [1.54, 1.807) is 0 Å². The SMILES string of the molecule is [2H]C1([2H])OC2OCCC2C1=O. The molecule has 2 fully saturated rings. The maximum atomic E-state index is 11.1. The van der Waals surface area contributed by atoms with Gasteiger partial charge in [0.15, 0.2) is 12.1 Å². The quantitative estimate of drug-likeness (QED) is 0.461. The summed E-state index contributed by atoms with van der Waals surface area (Å²) in [5.74, 6) is -0.843. The fourth-order valence-corrected chi connectivity index (χ4v) is 1.13. The predicted octanol–water partition coefficient (Wildman–Crippen LogP) is -0.0517. The molecule has 50 valence electrons. The third-order valence-corrected chi connectivity index (χ3v) is 1.65. The van der Waals surface area contributed by atoms with Gasteiger partial charge in [0.05, 0.1) is 15.3 Å². The molecule has 3 heteroatoms. The van der Waals surface area contributed by atoms with Crippen molar-refractivity contribution in [2.45, 2.75) is 12.7 Å². The number of hydrogen-bond acceptors (Lipinski definition) is 3. The Morgan fingerprint density at radius 1 is 1.67 bits per heavy atom. The molecule has 2 unspecified atom stereocenters. The summed E-state index contributed by atoms with van der Waals surface area (Å²) in [4.78, 5) is 11.1. The predicted molar refractivity (Wildman–Crippen MR) is 28.8 cm³/mol. The molecule has 0 aliphatic carbocycles. The number of carbonyl (C=O) groups excluding carboxylic acids is 1. The van der Waals surface area contributed by atoms with Crippen LogP contribution in [0, 0.1) is 5.92 Å². The van der Waals surface area contributed by atoms with E-state index in [2.05, 4.69) is 0 Å². The van der Waals surface area contributed by atoms with Crippen LogP contribution in [0.25, 0.3) is 0 Å². The highest BCUT2D eigenvalue weighted by atomic mass is 16.7. The van der Waals surface area contributed by atoms with Crippen LogP contribution in [0.5, 0.6) is 0 Å². The molecule has 0 radical (unpaired) electrons. The van der Waals surface area contributed by atoms with E-state index in [9.17, 15) is 4.79 Å². The largest absolute Gasteiger partial charge is 0.352 e. The summed E-state index contributed by atoms with van der Waals surface area (Å²) in [7, 11) is 0. The molecule has 2 heterocycles. The first kappa shape index (κ1) is 3.68. The van der Waals surface area contributed by atoms with E-state index in [1.165, 1.54) is 0 Å². The Morgan fingerprint density at radius 2 is 2.56 bits per heavy atom. The summed E-state index contributed by atoms with van der Waals surface area (Å²) in [6, 6.07) is 0. The first-order chi connectivity index (χ1) is 5.11. The van der Waals surface area contributed by atoms with E-state index >= 15 is 0 Å². The van der Waals surface area contributed by atoms with E-state index in [4.69, 9.17) is 12.2 Å². The van der Waals surface area contributed by atoms with Crippen LogP contribution in [0.1, 0.15) is 9.16 Å². The molecule has 0 amide bonds. The van der Waals surface area contributed by atoms with Gasteiger partial charge < -0.3 is 9.47 Å². The zero-order valence-corrected chi connectivity index (χ0v) is 4.79. The first-order valence-electron chi connectivity index (χ1n) is 3.95. The maximum Gasteiger partial charge on any atom is 0.168 e. The smallest absolute Gasteiger partial charge is 0.168 e. The highest BCUT2D eigenvalue weighted by molar-refractivity contribution is 5.84. The van der Waals surface area contributed by atoms with Crippen molar-refractivity contribution in [2.75, 3.05) is 13.2 Å². The van der Waals surface area contributed by atoms with E-state index in [-0.39, 0.29) is 5.92 Å². The lowest BCUT2D eigenvalue weighted by Crippen LogP contribution is -2.13. The zero-order chi connectivity index (χ0) is 8.06. The van der Waals surface area contributed by atoms with Crippen molar-refractivity contribution >= 4 is 5.78 Å². The number of ketones is 1. The monoisotopic (exact) mass is 130 g/mol. The van der Waals surface area contributed by atoms with Gasteiger partial charge in [-0.2, -0.15) is 0 Å². The van der Waals surface area contributed by atoms with Crippen molar-refractivity contribution in [3.05, 3.63) is 0 Å². The average molecular weight is 130 g/mol. The Kier molecular flexibility index (Phi) is 0.731. The van der Waals surface area contributed by atoms with Gasteiger partial charge in [-0.05, 0) is 6.42 Å². The molecular formula is C6H8O3. The van der Waals surface area contributed by atoms with Crippen LogP contribution >= 0.6 is 0 Å². The molecule has 2 rings (SSSR count). The van der Waals surface area contributed by atoms with Crippen LogP contribution in [-0.4, -0.2) is 25.2 Å². The highest BCUT2D eigenvalue weighted by Gasteiger charge is 2.40. The number of fused-ring (bicyclic) bond motifs is 1. The Balaban J connectivity index is 2.23. The highest BCUT2D eigenvalue weighted by Crippen LogP contribution is 2.27. The van der Waals surface area contributed by atoms with Crippen molar-refractivity contribution in [1.82, 2.24) is 0 Å². The number of Topliss-reactive ketones (excluding diaryl/α,β-unsaturated/α-hetero) is 1. The molecule has 2 aliphatic heterocycles. The van der Waals surface area contributed by atoms with Crippen LogP contribution in [0.2, 0.25) is 0 Å². The number of hydrogen-bond donors (Lipinski definition) is 0. The van der Waals surface area contributed by atoms with Crippen LogP contribution in [0.15, 0.2) is 0 Å². The molecular weight excluding hydrogens is 120 g/mol. The summed E-state index contributed by atoms with van der Waals surface area (Å²) in [6.45, 7) is -1.62. The third-order valence-electron chi connectivity index (χ3n) is 1.65. The lowest BCUT2D eigenvalue weighted by Gasteiger charge is -2.02. The van der Waals surface area contributed by atoms with Crippen LogP contribution in [-0.2, 0) is 14.3 Å². The molecule has 0 aromatic carbocycles. The number of rotatable bonds is 0. The Morgan fingerprint density at radius 3 is 3.33 bits per heavy atom. The van der Waals surface area contributed by atoms with E-state index in [1.807, 2.05) is 0 Å². The van der Waals surface area contributed by atoms with E-state index in [0.717, 1.165) is 0 Å². The summed E-state index contributed by atoms with van der Waals surface area (Å²) >= 11 is 0. The normalized spacial score (nSPS) is 50.4. The van der Waals surface area contributed by atoms with E-state index < -0.39 is 18.6 Å². The Labute approximate surface area is 55.8 Å². The number of carbonyl (C=O) groups is 1. The minimum atomic E-state index is -2.12. The van der Waals surface area contributed by atoms with Crippen molar-refractivity contribution in [1.29, 1.82) is 0 Å². The molecule has 0 spiro atoms. The summed E-state index contributed by atoms with van der Waals surface area (Å²) in [6.07, 6.45) is -0.0410. The average Bonchev–Trinajstić information content (AvgIpc) is 2.39. The Bertz CT molecular complexity index is 204. The minimum absolute atomic E-state index is 0.370. The van der Waals surface area contributed by atoms with Gasteiger partial charge >= 0.3 is 0 Å². The lowest BCUT2D eigenvalue weighted by atomic mass is 10.1. The second kappa shape index (κ2) is 1.78. The molecule has 9 heavy (non-hydrogen) atoms. The van der Waals surface area contributed by atoms with E-state index in [0.29, 0.717) is 13.0 Å².